The number of carbonyl (C=O) groups is 1. The molecule has 0 saturated carbocycles. The van der Waals surface area contributed by atoms with Gasteiger partial charge in [-0.2, -0.15) is 5.10 Å². The van der Waals surface area contributed by atoms with E-state index in [0.29, 0.717) is 24.0 Å². The van der Waals surface area contributed by atoms with Gasteiger partial charge in [-0.15, -0.1) is 0 Å². The molecule has 2 aromatic heterocycles. The molecule has 2 aromatic carbocycles. The molecule has 0 bridgehead atoms. The zero-order valence-electron chi connectivity index (χ0n) is 17.5. The van der Waals surface area contributed by atoms with Crippen LogP contribution in [0.5, 0.6) is 0 Å². The summed E-state index contributed by atoms with van der Waals surface area (Å²) in [5, 5.41) is 10.0. The third kappa shape index (κ3) is 4.45. The number of likely N-dealkylation sites (tertiary alicyclic amines) is 1. The van der Waals surface area contributed by atoms with Crippen LogP contribution in [0, 0.1) is 5.82 Å². The maximum atomic E-state index is 13.9. The second-order valence-corrected chi connectivity index (χ2v) is 8.17. The van der Waals surface area contributed by atoms with Crippen molar-refractivity contribution in [2.24, 2.45) is 0 Å². The van der Waals surface area contributed by atoms with Crippen molar-refractivity contribution >= 4 is 22.5 Å². The Hall–Kier alpha value is -3.72. The maximum Gasteiger partial charge on any atom is 0.276 e. The van der Waals surface area contributed by atoms with E-state index in [1.165, 1.54) is 12.1 Å². The van der Waals surface area contributed by atoms with Crippen LogP contribution in [0.3, 0.4) is 0 Å². The van der Waals surface area contributed by atoms with Crippen molar-refractivity contribution in [2.45, 2.75) is 18.9 Å². The van der Waals surface area contributed by atoms with E-state index < -0.39 is 17.6 Å². The van der Waals surface area contributed by atoms with Crippen molar-refractivity contribution in [3.8, 4) is 11.1 Å². The number of amides is 1. The molecule has 33 heavy (non-hydrogen) atoms. The molecule has 1 amide bonds. The molecule has 4 aromatic rings. The number of hydrogen-bond acceptors (Lipinski definition) is 4. The van der Waals surface area contributed by atoms with E-state index in [1.54, 1.807) is 41.6 Å². The van der Waals surface area contributed by atoms with Gasteiger partial charge < -0.3 is 5.32 Å². The Morgan fingerprint density at radius 3 is 2.76 bits per heavy atom. The number of fused-ring (bicyclic) bond motifs is 1. The molecule has 3 heterocycles. The lowest BCUT2D eigenvalue weighted by Gasteiger charge is -2.15. The highest BCUT2D eigenvalue weighted by molar-refractivity contribution is 6.11. The Balaban J connectivity index is 1.41. The van der Waals surface area contributed by atoms with Crippen LogP contribution in [0.15, 0.2) is 60.9 Å². The zero-order chi connectivity index (χ0) is 23.0. The summed E-state index contributed by atoms with van der Waals surface area (Å²) in [6.07, 6.45) is 3.22. The van der Waals surface area contributed by atoms with Gasteiger partial charge in [0.25, 0.3) is 11.8 Å². The highest BCUT2D eigenvalue weighted by Gasteiger charge is 2.37. The van der Waals surface area contributed by atoms with Crippen LogP contribution in [-0.2, 0) is 6.54 Å². The minimum Gasteiger partial charge on any atom is -0.318 e. The number of anilines is 1. The summed E-state index contributed by atoms with van der Waals surface area (Å²) in [6.45, 7) is 0.484. The molecule has 0 unspecified atom stereocenters. The van der Waals surface area contributed by atoms with Crippen LogP contribution in [0.1, 0.15) is 22.5 Å². The topological polar surface area (TPSA) is 73.9 Å². The van der Waals surface area contributed by atoms with Crippen LogP contribution in [-0.4, -0.2) is 45.0 Å². The number of halogens is 3. The molecular formula is C24H20F3N5O. The number of pyridine rings is 1. The lowest BCUT2D eigenvalue weighted by Crippen LogP contribution is -2.24. The van der Waals surface area contributed by atoms with Crippen LogP contribution < -0.4 is 5.32 Å². The number of para-hydroxylation sites is 1. The summed E-state index contributed by atoms with van der Waals surface area (Å²) >= 11 is 0. The molecule has 0 atom stereocenters. The number of nitrogens with one attached hydrogen (secondary N) is 2. The third-order valence-corrected chi connectivity index (χ3v) is 5.68. The number of nitrogens with zero attached hydrogens (tertiary/aromatic N) is 3. The molecule has 1 aliphatic rings. The van der Waals surface area contributed by atoms with E-state index in [2.05, 4.69) is 20.5 Å². The monoisotopic (exact) mass is 451 g/mol. The van der Waals surface area contributed by atoms with E-state index in [4.69, 9.17) is 0 Å². The van der Waals surface area contributed by atoms with Crippen LogP contribution in [0.4, 0.5) is 18.9 Å². The van der Waals surface area contributed by atoms with Crippen molar-refractivity contribution < 1.29 is 18.0 Å². The minimum atomic E-state index is -2.64. The molecule has 2 N–H and O–H groups in total. The maximum absolute atomic E-state index is 13.9. The molecule has 9 heteroatoms. The Bertz CT molecular complexity index is 1340. The Labute approximate surface area is 187 Å². The summed E-state index contributed by atoms with van der Waals surface area (Å²) in [5.41, 5.74) is 3.28. The molecule has 0 spiro atoms. The third-order valence-electron chi connectivity index (χ3n) is 5.68. The number of benzene rings is 2. The highest BCUT2D eigenvalue weighted by atomic mass is 19.3. The molecule has 6 nitrogen and oxygen atoms in total. The lowest BCUT2D eigenvalue weighted by atomic mass is 10.0. The van der Waals surface area contributed by atoms with E-state index in [9.17, 15) is 18.0 Å². The van der Waals surface area contributed by atoms with Gasteiger partial charge >= 0.3 is 0 Å². The van der Waals surface area contributed by atoms with E-state index >= 15 is 0 Å². The van der Waals surface area contributed by atoms with Gasteiger partial charge in [0.05, 0.1) is 17.7 Å². The first kappa shape index (κ1) is 21.1. The Morgan fingerprint density at radius 1 is 1.12 bits per heavy atom. The van der Waals surface area contributed by atoms with Gasteiger partial charge in [0.15, 0.2) is 5.69 Å². The number of aromatic nitrogens is 3. The number of aromatic amines is 1. The standard InChI is InChI=1S/C24H20F3N5O/c25-19-3-1-2-4-21(19)29-23(33)22-18-10-16(5-6-20(18)30-31-22)17-9-15(11-28-12-17)13-32-8-7-24(26,27)14-32/h1-6,9-12H,7-8,13-14H2,(H,29,33)(H,30,31). The number of rotatable bonds is 5. The number of hydrogen-bond donors (Lipinski definition) is 2. The van der Waals surface area contributed by atoms with Crippen LogP contribution in [0.2, 0.25) is 0 Å². The van der Waals surface area contributed by atoms with Crippen molar-refractivity contribution in [1.29, 1.82) is 0 Å². The average Bonchev–Trinajstić information content (AvgIpc) is 3.37. The predicted molar refractivity (Wildman–Crippen MR) is 119 cm³/mol. The molecule has 0 radical (unpaired) electrons. The zero-order valence-corrected chi connectivity index (χ0v) is 17.5. The van der Waals surface area contributed by atoms with Crippen LogP contribution in [0.25, 0.3) is 22.0 Å². The summed E-state index contributed by atoms with van der Waals surface area (Å²) in [5.74, 6) is -3.72. The lowest BCUT2D eigenvalue weighted by molar-refractivity contribution is 0.0115. The molecule has 0 aliphatic carbocycles. The van der Waals surface area contributed by atoms with Crippen LogP contribution >= 0.6 is 0 Å². The molecule has 1 aliphatic heterocycles. The molecular weight excluding hydrogens is 431 g/mol. The van der Waals surface area contributed by atoms with Crippen molar-refractivity contribution in [3.63, 3.8) is 0 Å². The second-order valence-electron chi connectivity index (χ2n) is 8.17. The first-order valence-corrected chi connectivity index (χ1v) is 10.5. The SMILES string of the molecule is O=C(Nc1ccccc1F)c1n[nH]c2ccc(-c3cncc(CN4CCC(F)(F)C4)c3)cc12. The first-order chi connectivity index (χ1) is 15.9. The highest BCUT2D eigenvalue weighted by Crippen LogP contribution is 2.29. The Morgan fingerprint density at radius 2 is 1.97 bits per heavy atom. The van der Waals surface area contributed by atoms with Gasteiger partial charge in [0.2, 0.25) is 0 Å². The van der Waals surface area contributed by atoms with E-state index in [-0.39, 0.29) is 24.3 Å². The summed E-state index contributed by atoms with van der Waals surface area (Å²) in [6, 6.07) is 13.3. The number of alkyl halides is 2. The fourth-order valence-electron chi connectivity index (χ4n) is 4.04. The van der Waals surface area contributed by atoms with E-state index in [0.717, 1.165) is 16.7 Å². The summed E-state index contributed by atoms with van der Waals surface area (Å²) in [4.78, 5) is 18.7. The largest absolute Gasteiger partial charge is 0.318 e. The molecule has 1 saturated heterocycles. The fourth-order valence-corrected chi connectivity index (χ4v) is 4.04. The first-order valence-electron chi connectivity index (χ1n) is 10.5. The summed E-state index contributed by atoms with van der Waals surface area (Å²) in [7, 11) is 0. The molecule has 1 fully saturated rings. The van der Waals surface area contributed by atoms with Crippen molar-refractivity contribution in [3.05, 3.63) is 78.0 Å². The Kier molecular flexibility index (Phi) is 5.33. The minimum absolute atomic E-state index is 0.0687. The van der Waals surface area contributed by atoms with Gasteiger partial charge in [-0.3, -0.25) is 19.8 Å². The normalized spacial score (nSPS) is 15.7. The predicted octanol–water partition coefficient (Wildman–Crippen LogP) is 4.86. The van der Waals surface area contributed by atoms with Gasteiger partial charge in [-0.05, 0) is 41.5 Å². The van der Waals surface area contributed by atoms with E-state index in [1.807, 2.05) is 12.1 Å². The average molecular weight is 451 g/mol. The number of H-pyrrole nitrogens is 1. The number of carbonyl (C=O) groups excluding carboxylic acids is 1. The fraction of sp³-hybridized carbons (Fsp3) is 0.208. The van der Waals surface area contributed by atoms with Crippen molar-refractivity contribution in [2.75, 3.05) is 18.4 Å². The molecule has 168 valence electrons. The second kappa shape index (κ2) is 8.32. The van der Waals surface area contributed by atoms with Gasteiger partial charge in [-0.25, -0.2) is 13.2 Å². The van der Waals surface area contributed by atoms with Gasteiger partial charge in [0.1, 0.15) is 5.82 Å². The van der Waals surface area contributed by atoms with Crippen molar-refractivity contribution in [1.82, 2.24) is 20.1 Å². The molecule has 5 rings (SSSR count). The smallest absolute Gasteiger partial charge is 0.276 e. The summed E-state index contributed by atoms with van der Waals surface area (Å²) < 4.78 is 40.9. The van der Waals surface area contributed by atoms with Gasteiger partial charge in [-0.1, -0.05) is 18.2 Å². The quantitative estimate of drug-likeness (QED) is 0.455. The van der Waals surface area contributed by atoms with Gasteiger partial charge in [0, 0.05) is 42.9 Å².